The zero-order chi connectivity index (χ0) is 19.1. The van der Waals surface area contributed by atoms with Crippen LogP contribution in [0.3, 0.4) is 0 Å². The zero-order valence-electron chi connectivity index (χ0n) is 16.5. The Bertz CT molecular complexity index is 643. The maximum atomic E-state index is 13.9. The Hall–Kier alpha value is -0.450. The van der Waals surface area contributed by atoms with Gasteiger partial charge in [-0.25, -0.2) is 4.39 Å². The summed E-state index contributed by atoms with van der Waals surface area (Å²) < 4.78 is 20.2. The lowest BCUT2D eigenvalue weighted by molar-refractivity contribution is 0.0195. The molecule has 0 bridgehead atoms. The van der Waals surface area contributed by atoms with E-state index in [2.05, 4.69) is 38.0 Å². The van der Waals surface area contributed by atoms with E-state index in [9.17, 15) is 4.39 Å². The van der Waals surface area contributed by atoms with Crippen LogP contribution in [-0.2, 0) is 11.2 Å². The number of guanidine groups is 1. The molecule has 2 aliphatic rings. The minimum absolute atomic E-state index is 0. The van der Waals surface area contributed by atoms with E-state index in [1.807, 2.05) is 12.1 Å². The van der Waals surface area contributed by atoms with E-state index in [0.717, 1.165) is 68.4 Å². The maximum absolute atomic E-state index is 13.9. The van der Waals surface area contributed by atoms with Crippen molar-refractivity contribution in [2.45, 2.75) is 32.2 Å². The molecule has 2 fully saturated rings. The van der Waals surface area contributed by atoms with E-state index < -0.39 is 0 Å². The number of aryl methyl sites for hydroxylation is 1. The highest BCUT2D eigenvalue weighted by atomic mass is 127. The van der Waals surface area contributed by atoms with Crippen LogP contribution in [-0.4, -0.2) is 74.3 Å². The molecule has 1 aromatic carbocycles. The van der Waals surface area contributed by atoms with Crippen LogP contribution in [0.4, 0.5) is 4.39 Å². The standard InChI is InChI=1S/C20H30BrFN4O.HI/c1-2-23-20(24-8-3-4-16-5-6-17(21)14-19(16)22)26-9-7-18(15-26)25-10-12-27-13-11-25;/h5-6,14,18H,2-4,7-13,15H2,1H3,(H,23,24);1H. The van der Waals surface area contributed by atoms with Crippen molar-refractivity contribution < 1.29 is 9.13 Å². The summed E-state index contributed by atoms with van der Waals surface area (Å²) in [5.41, 5.74) is 0.756. The van der Waals surface area contributed by atoms with Gasteiger partial charge in [0.25, 0.3) is 0 Å². The summed E-state index contributed by atoms with van der Waals surface area (Å²) in [6.07, 6.45) is 2.72. The zero-order valence-corrected chi connectivity index (χ0v) is 20.4. The summed E-state index contributed by atoms with van der Waals surface area (Å²) in [6, 6.07) is 5.86. The fourth-order valence-electron chi connectivity index (χ4n) is 3.78. The van der Waals surface area contributed by atoms with Gasteiger partial charge < -0.3 is 15.0 Å². The van der Waals surface area contributed by atoms with Crippen molar-refractivity contribution in [1.29, 1.82) is 0 Å². The molecule has 0 amide bonds. The first kappa shape index (κ1) is 23.8. The van der Waals surface area contributed by atoms with Crippen LogP contribution >= 0.6 is 39.9 Å². The molecule has 5 nitrogen and oxygen atoms in total. The predicted molar refractivity (Wildman–Crippen MR) is 126 cm³/mol. The van der Waals surface area contributed by atoms with Gasteiger partial charge in [0, 0.05) is 49.8 Å². The number of nitrogens with one attached hydrogen (secondary N) is 1. The van der Waals surface area contributed by atoms with Gasteiger partial charge in [-0.05, 0) is 43.9 Å². The Morgan fingerprint density at radius 3 is 2.82 bits per heavy atom. The second kappa shape index (κ2) is 12.3. The molecule has 2 heterocycles. The molecular formula is C20H31BrFIN4O. The van der Waals surface area contributed by atoms with Gasteiger partial charge in [0.1, 0.15) is 5.82 Å². The van der Waals surface area contributed by atoms with E-state index in [-0.39, 0.29) is 29.8 Å². The quantitative estimate of drug-likeness (QED) is 0.247. The van der Waals surface area contributed by atoms with Gasteiger partial charge in [-0.15, -0.1) is 24.0 Å². The Morgan fingerprint density at radius 1 is 1.32 bits per heavy atom. The Kier molecular flexibility index (Phi) is 10.5. The SMILES string of the molecule is CCNC(=NCCCc1ccc(Br)cc1F)N1CCC(N2CCOCC2)C1.I. The number of morpholine rings is 1. The number of benzene rings is 1. The molecule has 1 aromatic rings. The van der Waals surface area contributed by atoms with Gasteiger partial charge in [0.15, 0.2) is 5.96 Å². The topological polar surface area (TPSA) is 40.1 Å². The molecule has 1 atom stereocenters. The van der Waals surface area contributed by atoms with Crippen LogP contribution < -0.4 is 5.32 Å². The summed E-state index contributed by atoms with van der Waals surface area (Å²) in [5, 5.41) is 3.42. The average Bonchev–Trinajstić information content (AvgIpc) is 3.16. The van der Waals surface area contributed by atoms with Crippen LogP contribution in [0.25, 0.3) is 0 Å². The van der Waals surface area contributed by atoms with Crippen molar-refractivity contribution in [3.63, 3.8) is 0 Å². The highest BCUT2D eigenvalue weighted by Crippen LogP contribution is 2.18. The normalized spacial score (nSPS) is 20.9. The second-order valence-corrected chi connectivity index (χ2v) is 8.03. The number of halogens is 3. The molecule has 158 valence electrons. The lowest BCUT2D eigenvalue weighted by Gasteiger charge is -2.32. The molecule has 1 unspecified atom stereocenters. The minimum atomic E-state index is -0.145. The molecule has 0 spiro atoms. The molecule has 0 radical (unpaired) electrons. The first-order chi connectivity index (χ1) is 13.2. The maximum Gasteiger partial charge on any atom is 0.193 e. The number of aliphatic imine (C=N–C) groups is 1. The largest absolute Gasteiger partial charge is 0.379 e. The highest BCUT2D eigenvalue weighted by molar-refractivity contribution is 14.0. The number of ether oxygens (including phenoxy) is 1. The van der Waals surface area contributed by atoms with Gasteiger partial charge in [0.2, 0.25) is 0 Å². The van der Waals surface area contributed by atoms with Crippen molar-refractivity contribution in [3.8, 4) is 0 Å². The summed E-state index contributed by atoms with van der Waals surface area (Å²) >= 11 is 3.30. The van der Waals surface area contributed by atoms with Gasteiger partial charge >= 0.3 is 0 Å². The first-order valence-corrected chi connectivity index (χ1v) is 10.8. The van der Waals surface area contributed by atoms with Crippen LogP contribution in [0.5, 0.6) is 0 Å². The van der Waals surface area contributed by atoms with Gasteiger partial charge in [-0.3, -0.25) is 9.89 Å². The van der Waals surface area contributed by atoms with Crippen molar-refractivity contribution >= 4 is 45.9 Å². The lowest BCUT2D eigenvalue weighted by atomic mass is 10.1. The predicted octanol–water partition coefficient (Wildman–Crippen LogP) is 3.51. The lowest BCUT2D eigenvalue weighted by Crippen LogP contribution is -2.46. The molecule has 0 aliphatic carbocycles. The molecule has 2 saturated heterocycles. The van der Waals surface area contributed by atoms with Crippen molar-refractivity contribution in [1.82, 2.24) is 15.1 Å². The monoisotopic (exact) mass is 568 g/mol. The third-order valence-electron chi connectivity index (χ3n) is 5.24. The summed E-state index contributed by atoms with van der Waals surface area (Å²) in [7, 11) is 0. The van der Waals surface area contributed by atoms with Crippen molar-refractivity contribution in [3.05, 3.63) is 34.1 Å². The molecule has 3 rings (SSSR count). The van der Waals surface area contributed by atoms with Crippen LogP contribution in [0.2, 0.25) is 0 Å². The number of rotatable bonds is 6. The molecule has 8 heteroatoms. The third-order valence-corrected chi connectivity index (χ3v) is 5.73. The molecule has 1 N–H and O–H groups in total. The van der Waals surface area contributed by atoms with Crippen molar-refractivity contribution in [2.24, 2.45) is 4.99 Å². The van der Waals surface area contributed by atoms with E-state index in [1.165, 1.54) is 12.5 Å². The Balaban J connectivity index is 0.00000280. The fourth-order valence-corrected chi connectivity index (χ4v) is 4.11. The molecule has 2 aliphatic heterocycles. The Labute approximate surface area is 193 Å². The fraction of sp³-hybridized carbons (Fsp3) is 0.650. The number of nitrogens with zero attached hydrogens (tertiary/aromatic N) is 3. The van der Waals surface area contributed by atoms with E-state index in [4.69, 9.17) is 9.73 Å². The van der Waals surface area contributed by atoms with Crippen LogP contribution in [0.15, 0.2) is 27.7 Å². The van der Waals surface area contributed by atoms with Crippen molar-refractivity contribution in [2.75, 3.05) is 52.5 Å². The van der Waals surface area contributed by atoms with Crippen LogP contribution in [0.1, 0.15) is 25.3 Å². The van der Waals surface area contributed by atoms with Gasteiger partial charge in [-0.1, -0.05) is 22.0 Å². The number of likely N-dealkylation sites (tertiary alicyclic amines) is 1. The van der Waals surface area contributed by atoms with E-state index in [0.29, 0.717) is 19.0 Å². The molecule has 0 saturated carbocycles. The number of hydrogen-bond donors (Lipinski definition) is 1. The minimum Gasteiger partial charge on any atom is -0.379 e. The van der Waals surface area contributed by atoms with Crippen LogP contribution in [0, 0.1) is 5.82 Å². The summed E-state index contributed by atoms with van der Waals surface area (Å²) in [4.78, 5) is 9.70. The van der Waals surface area contributed by atoms with E-state index >= 15 is 0 Å². The molecular weight excluding hydrogens is 538 g/mol. The number of hydrogen-bond acceptors (Lipinski definition) is 3. The van der Waals surface area contributed by atoms with E-state index in [1.54, 1.807) is 0 Å². The van der Waals surface area contributed by atoms with Gasteiger partial charge in [-0.2, -0.15) is 0 Å². The third kappa shape index (κ3) is 6.81. The Morgan fingerprint density at radius 2 is 2.11 bits per heavy atom. The average molecular weight is 569 g/mol. The highest BCUT2D eigenvalue weighted by Gasteiger charge is 2.30. The summed E-state index contributed by atoms with van der Waals surface area (Å²) in [6.45, 7) is 9.48. The smallest absolute Gasteiger partial charge is 0.193 e. The second-order valence-electron chi connectivity index (χ2n) is 7.11. The first-order valence-electron chi connectivity index (χ1n) is 9.96. The molecule has 28 heavy (non-hydrogen) atoms. The van der Waals surface area contributed by atoms with Gasteiger partial charge in [0.05, 0.1) is 13.2 Å². The summed E-state index contributed by atoms with van der Waals surface area (Å²) in [5.74, 6) is 0.845. The molecule has 0 aromatic heterocycles.